The van der Waals surface area contributed by atoms with Crippen LogP contribution >= 0.6 is 0 Å². The molecule has 1 fully saturated rings. The summed E-state index contributed by atoms with van der Waals surface area (Å²) in [5.74, 6) is 0. The van der Waals surface area contributed by atoms with Gasteiger partial charge in [-0.25, -0.2) is 0 Å². The van der Waals surface area contributed by atoms with Crippen molar-refractivity contribution >= 4 is 32.3 Å². The summed E-state index contributed by atoms with van der Waals surface area (Å²) in [7, 11) is 0. The first-order chi connectivity index (χ1) is 9.92. The lowest BCUT2D eigenvalue weighted by atomic mass is 9.87. The van der Waals surface area contributed by atoms with Gasteiger partial charge >= 0.3 is 0 Å². The molecule has 0 saturated carbocycles. The predicted molar refractivity (Wildman–Crippen MR) is 85.5 cm³/mol. The zero-order chi connectivity index (χ0) is 13.1. The van der Waals surface area contributed by atoms with E-state index in [4.69, 9.17) is 0 Å². The van der Waals surface area contributed by atoms with Crippen LogP contribution in [0, 0.1) is 0 Å². The summed E-state index contributed by atoms with van der Waals surface area (Å²) >= 11 is 0. The largest absolute Gasteiger partial charge is 0.310 e. The SMILES string of the molecule is c1cc2ccc3ccc([C@@H]4CCN4)c4ccc(c1)c2c34. The molecule has 1 heterocycles. The van der Waals surface area contributed by atoms with Gasteiger partial charge in [-0.15, -0.1) is 0 Å². The van der Waals surface area contributed by atoms with Crippen molar-refractivity contribution in [3.63, 3.8) is 0 Å². The van der Waals surface area contributed by atoms with Gasteiger partial charge in [0.25, 0.3) is 0 Å². The van der Waals surface area contributed by atoms with Gasteiger partial charge in [-0.05, 0) is 50.8 Å². The average Bonchev–Trinajstić information content (AvgIpc) is 2.44. The van der Waals surface area contributed by atoms with Gasteiger partial charge in [-0.1, -0.05) is 54.6 Å². The molecule has 4 aromatic carbocycles. The Morgan fingerprint density at radius 3 is 2.10 bits per heavy atom. The molecule has 0 aliphatic carbocycles. The average molecular weight is 257 g/mol. The molecule has 0 radical (unpaired) electrons. The summed E-state index contributed by atoms with van der Waals surface area (Å²) in [4.78, 5) is 0. The lowest BCUT2D eigenvalue weighted by Crippen LogP contribution is -2.35. The highest BCUT2D eigenvalue weighted by Crippen LogP contribution is 2.38. The number of benzene rings is 4. The number of hydrogen-bond donors (Lipinski definition) is 1. The third-order valence-electron chi connectivity index (χ3n) is 4.76. The van der Waals surface area contributed by atoms with Gasteiger partial charge in [-0.3, -0.25) is 0 Å². The highest BCUT2D eigenvalue weighted by atomic mass is 15.0. The normalized spacial score (nSPS) is 18.9. The topological polar surface area (TPSA) is 12.0 Å². The highest BCUT2D eigenvalue weighted by molar-refractivity contribution is 6.23. The molecule has 1 nitrogen and oxygen atoms in total. The fraction of sp³-hybridized carbons (Fsp3) is 0.158. The van der Waals surface area contributed by atoms with E-state index in [0.717, 1.165) is 6.54 Å². The van der Waals surface area contributed by atoms with E-state index in [1.165, 1.54) is 44.3 Å². The first kappa shape index (κ1) is 10.6. The maximum Gasteiger partial charge on any atom is 0.0338 e. The molecule has 96 valence electrons. The van der Waals surface area contributed by atoms with Crippen LogP contribution in [-0.4, -0.2) is 6.54 Å². The van der Waals surface area contributed by atoms with Crippen molar-refractivity contribution in [2.24, 2.45) is 0 Å². The van der Waals surface area contributed by atoms with Gasteiger partial charge < -0.3 is 5.32 Å². The minimum atomic E-state index is 0.541. The van der Waals surface area contributed by atoms with E-state index in [-0.39, 0.29) is 0 Å². The van der Waals surface area contributed by atoms with Gasteiger partial charge in [0, 0.05) is 6.04 Å². The molecule has 0 bridgehead atoms. The minimum absolute atomic E-state index is 0.541. The molecule has 20 heavy (non-hydrogen) atoms. The second kappa shape index (κ2) is 3.71. The fourth-order valence-corrected chi connectivity index (χ4v) is 3.62. The van der Waals surface area contributed by atoms with Gasteiger partial charge in [0.1, 0.15) is 0 Å². The second-order valence-corrected chi connectivity index (χ2v) is 5.81. The van der Waals surface area contributed by atoms with Crippen LogP contribution in [0.3, 0.4) is 0 Å². The van der Waals surface area contributed by atoms with Crippen molar-refractivity contribution in [2.75, 3.05) is 6.54 Å². The Hall–Kier alpha value is -2.12. The second-order valence-electron chi connectivity index (χ2n) is 5.81. The third kappa shape index (κ3) is 1.26. The molecular formula is C19H15N. The summed E-state index contributed by atoms with van der Waals surface area (Å²) in [6, 6.07) is 20.8. The van der Waals surface area contributed by atoms with Crippen LogP contribution in [0.25, 0.3) is 32.3 Å². The molecule has 0 unspecified atom stereocenters. The molecule has 0 amide bonds. The fourth-order valence-electron chi connectivity index (χ4n) is 3.62. The van der Waals surface area contributed by atoms with Crippen molar-refractivity contribution in [2.45, 2.75) is 12.5 Å². The molecule has 1 N–H and O–H groups in total. The van der Waals surface area contributed by atoms with Gasteiger partial charge in [-0.2, -0.15) is 0 Å². The Kier molecular flexibility index (Phi) is 1.97. The van der Waals surface area contributed by atoms with Crippen molar-refractivity contribution < 1.29 is 0 Å². The summed E-state index contributed by atoms with van der Waals surface area (Å²) in [5, 5.41) is 11.9. The maximum absolute atomic E-state index is 3.54. The van der Waals surface area contributed by atoms with Crippen LogP contribution in [-0.2, 0) is 0 Å². The van der Waals surface area contributed by atoms with E-state index in [1.807, 2.05) is 0 Å². The van der Waals surface area contributed by atoms with Crippen LogP contribution in [0.1, 0.15) is 18.0 Å². The summed E-state index contributed by atoms with van der Waals surface area (Å²) in [6.07, 6.45) is 1.25. The maximum atomic E-state index is 3.54. The van der Waals surface area contributed by atoms with Crippen molar-refractivity contribution in [1.82, 2.24) is 5.32 Å². The zero-order valence-electron chi connectivity index (χ0n) is 11.2. The Morgan fingerprint density at radius 2 is 1.40 bits per heavy atom. The molecule has 1 saturated heterocycles. The van der Waals surface area contributed by atoms with Crippen LogP contribution < -0.4 is 5.32 Å². The van der Waals surface area contributed by atoms with Crippen LogP contribution in [0.2, 0.25) is 0 Å². The quantitative estimate of drug-likeness (QED) is 0.491. The Bertz CT molecular complexity index is 919. The highest BCUT2D eigenvalue weighted by Gasteiger charge is 2.21. The first-order valence-electron chi connectivity index (χ1n) is 7.32. The minimum Gasteiger partial charge on any atom is -0.310 e. The molecule has 1 aliphatic rings. The van der Waals surface area contributed by atoms with Crippen LogP contribution in [0.5, 0.6) is 0 Å². The summed E-state index contributed by atoms with van der Waals surface area (Å²) in [6.45, 7) is 1.15. The molecule has 1 heteroatoms. The van der Waals surface area contributed by atoms with Crippen LogP contribution in [0.15, 0.2) is 54.6 Å². The van der Waals surface area contributed by atoms with Crippen molar-refractivity contribution in [3.05, 3.63) is 60.2 Å². The monoisotopic (exact) mass is 257 g/mol. The standard InChI is InChI=1S/C19H15N/c1-2-12-4-5-14-6-8-15(17-10-11-20-17)16-9-7-13(3-1)18(12)19(14)16/h1-9,17,20H,10-11H2/t17-/m0/s1. The van der Waals surface area contributed by atoms with Gasteiger partial charge in [0.05, 0.1) is 0 Å². The Morgan fingerprint density at radius 1 is 0.750 bits per heavy atom. The lowest BCUT2D eigenvalue weighted by molar-refractivity contribution is 0.386. The van der Waals surface area contributed by atoms with E-state index < -0.39 is 0 Å². The van der Waals surface area contributed by atoms with Crippen molar-refractivity contribution in [3.8, 4) is 0 Å². The number of hydrogen-bond acceptors (Lipinski definition) is 1. The molecule has 1 atom stereocenters. The molecule has 4 aromatic rings. The third-order valence-corrected chi connectivity index (χ3v) is 4.76. The Labute approximate surface area is 117 Å². The van der Waals surface area contributed by atoms with Crippen molar-refractivity contribution in [1.29, 1.82) is 0 Å². The smallest absolute Gasteiger partial charge is 0.0338 e. The van der Waals surface area contributed by atoms with E-state index in [9.17, 15) is 0 Å². The predicted octanol–water partition coefficient (Wildman–Crippen LogP) is 4.62. The van der Waals surface area contributed by atoms with Gasteiger partial charge in [0.15, 0.2) is 0 Å². The Balaban J connectivity index is 2.02. The van der Waals surface area contributed by atoms with E-state index in [2.05, 4.69) is 59.9 Å². The van der Waals surface area contributed by atoms with Crippen LogP contribution in [0.4, 0.5) is 0 Å². The zero-order valence-corrected chi connectivity index (χ0v) is 11.2. The molecule has 0 aromatic heterocycles. The number of nitrogens with one attached hydrogen (secondary N) is 1. The van der Waals surface area contributed by atoms with E-state index >= 15 is 0 Å². The van der Waals surface area contributed by atoms with E-state index in [1.54, 1.807) is 0 Å². The first-order valence-corrected chi connectivity index (χ1v) is 7.32. The van der Waals surface area contributed by atoms with E-state index in [0.29, 0.717) is 6.04 Å². The summed E-state index contributed by atoms with van der Waals surface area (Å²) < 4.78 is 0. The number of rotatable bonds is 1. The van der Waals surface area contributed by atoms with Gasteiger partial charge in [0.2, 0.25) is 0 Å². The molecular weight excluding hydrogens is 242 g/mol. The molecule has 5 rings (SSSR count). The lowest BCUT2D eigenvalue weighted by Gasteiger charge is -2.29. The molecule has 1 aliphatic heterocycles. The molecule has 0 spiro atoms. The summed E-state index contributed by atoms with van der Waals surface area (Å²) in [5.41, 5.74) is 1.46.